The van der Waals surface area contributed by atoms with E-state index in [0.717, 1.165) is 66.2 Å². The summed E-state index contributed by atoms with van der Waals surface area (Å²) in [5.41, 5.74) is 13.2. The van der Waals surface area contributed by atoms with Gasteiger partial charge in [0.05, 0.1) is 33.3 Å². The fourth-order valence-electron chi connectivity index (χ4n) is 9.95. The number of aromatic nitrogens is 4. The molecule has 0 aliphatic rings. The summed E-state index contributed by atoms with van der Waals surface area (Å²) in [6, 6.07) is 78.6. The second-order valence-corrected chi connectivity index (χ2v) is 16.1. The van der Waals surface area contributed by atoms with Gasteiger partial charge in [0.25, 0.3) is 0 Å². The van der Waals surface area contributed by atoms with Crippen LogP contribution in [0.2, 0.25) is 0 Å². The first-order valence-corrected chi connectivity index (χ1v) is 21.2. The van der Waals surface area contributed by atoms with Crippen LogP contribution in [0.15, 0.2) is 218 Å². The van der Waals surface area contributed by atoms with Crippen LogP contribution in [0.1, 0.15) is 0 Å². The highest BCUT2D eigenvalue weighted by Gasteiger charge is 2.22. The molecular weight excluding hydrogens is 753 g/mol. The predicted molar refractivity (Wildman–Crippen MR) is 260 cm³/mol. The van der Waals surface area contributed by atoms with Gasteiger partial charge in [-0.25, -0.2) is 9.97 Å². The van der Waals surface area contributed by atoms with E-state index in [4.69, 9.17) is 9.97 Å². The molecule has 0 spiro atoms. The van der Waals surface area contributed by atoms with Crippen LogP contribution in [0, 0.1) is 0 Å². The lowest BCUT2D eigenvalue weighted by atomic mass is 9.94. The van der Waals surface area contributed by atoms with Crippen LogP contribution in [0.5, 0.6) is 0 Å². The van der Waals surface area contributed by atoms with Gasteiger partial charge in [-0.15, -0.1) is 0 Å². The van der Waals surface area contributed by atoms with E-state index in [9.17, 15) is 0 Å². The molecule has 3 heterocycles. The van der Waals surface area contributed by atoms with Gasteiger partial charge in [-0.1, -0.05) is 158 Å². The molecule has 0 atom stereocenters. The molecule has 0 aliphatic heterocycles. The first kappa shape index (κ1) is 34.5. The van der Waals surface area contributed by atoms with Gasteiger partial charge in [0, 0.05) is 38.2 Å². The van der Waals surface area contributed by atoms with E-state index in [1.165, 1.54) is 49.1 Å². The van der Waals surface area contributed by atoms with Crippen molar-refractivity contribution in [1.82, 2.24) is 19.1 Å². The van der Waals surface area contributed by atoms with Crippen LogP contribution in [0.3, 0.4) is 0 Å². The molecule has 0 saturated heterocycles. The quantitative estimate of drug-likeness (QED) is 0.174. The largest absolute Gasteiger partial charge is 0.309 e. The van der Waals surface area contributed by atoms with Crippen molar-refractivity contribution < 1.29 is 0 Å². The summed E-state index contributed by atoms with van der Waals surface area (Å²) in [5.74, 6) is 0.645. The third kappa shape index (κ3) is 5.20. The molecule has 62 heavy (non-hydrogen) atoms. The molecular formula is C58H36N4. The summed E-state index contributed by atoms with van der Waals surface area (Å²) in [6.07, 6.45) is 0. The summed E-state index contributed by atoms with van der Waals surface area (Å²) in [4.78, 5) is 10.9. The van der Waals surface area contributed by atoms with Crippen molar-refractivity contribution in [3.63, 3.8) is 0 Å². The van der Waals surface area contributed by atoms with Crippen molar-refractivity contribution in [2.75, 3.05) is 0 Å². The highest BCUT2D eigenvalue weighted by atomic mass is 15.2. The number of para-hydroxylation sites is 4. The van der Waals surface area contributed by atoms with Gasteiger partial charge in [-0.3, -0.25) is 4.57 Å². The number of hydrogen-bond donors (Lipinski definition) is 0. The Balaban J connectivity index is 1.06. The monoisotopic (exact) mass is 788 g/mol. The predicted octanol–water partition coefficient (Wildman–Crippen LogP) is 15.1. The lowest BCUT2D eigenvalue weighted by molar-refractivity contribution is 1.01. The second-order valence-electron chi connectivity index (χ2n) is 16.1. The highest BCUT2D eigenvalue weighted by Crippen LogP contribution is 2.44. The van der Waals surface area contributed by atoms with Gasteiger partial charge in [0.1, 0.15) is 0 Å². The van der Waals surface area contributed by atoms with Gasteiger partial charge in [0.2, 0.25) is 5.95 Å². The standard InChI is InChI=1S/C58H36N4/c1-3-17-37(18-4-1)40-33-38-19-7-8-22-42(38)50(35-40)57-46-26-11-14-28-51(46)59-58(60-57)62-52-29-15-12-24-44(52)49-34-39(31-32-54(49)62)48-36-55-56(45-25-10-9-23-43(45)48)47-27-13-16-30-53(47)61(55)41-20-5-2-6-21-41/h1-36H. The third-order valence-corrected chi connectivity index (χ3v) is 12.7. The molecule has 0 radical (unpaired) electrons. The molecule has 13 rings (SSSR count). The molecule has 0 N–H and O–H groups in total. The average molecular weight is 789 g/mol. The summed E-state index contributed by atoms with van der Waals surface area (Å²) >= 11 is 0. The Bertz CT molecular complexity index is 3920. The van der Waals surface area contributed by atoms with Crippen LogP contribution in [0.25, 0.3) is 121 Å². The fraction of sp³-hybridized carbons (Fsp3) is 0. The van der Waals surface area contributed by atoms with Gasteiger partial charge >= 0.3 is 0 Å². The van der Waals surface area contributed by atoms with E-state index in [1.54, 1.807) is 0 Å². The Morgan fingerprint density at radius 2 is 0.919 bits per heavy atom. The topological polar surface area (TPSA) is 35.6 Å². The van der Waals surface area contributed by atoms with Gasteiger partial charge in [0.15, 0.2) is 0 Å². The van der Waals surface area contributed by atoms with Crippen LogP contribution in [0.4, 0.5) is 0 Å². The number of fused-ring (bicyclic) bond motifs is 10. The van der Waals surface area contributed by atoms with Crippen molar-refractivity contribution in [3.8, 4) is 45.1 Å². The van der Waals surface area contributed by atoms with E-state index in [0.29, 0.717) is 5.95 Å². The van der Waals surface area contributed by atoms with Crippen LogP contribution < -0.4 is 0 Å². The van der Waals surface area contributed by atoms with E-state index in [-0.39, 0.29) is 0 Å². The molecule has 0 saturated carbocycles. The maximum absolute atomic E-state index is 5.56. The van der Waals surface area contributed by atoms with Gasteiger partial charge in [-0.2, -0.15) is 0 Å². The second kappa shape index (κ2) is 13.6. The fourth-order valence-corrected chi connectivity index (χ4v) is 9.95. The minimum absolute atomic E-state index is 0.645. The summed E-state index contributed by atoms with van der Waals surface area (Å²) < 4.78 is 4.67. The zero-order valence-electron chi connectivity index (χ0n) is 33.6. The molecule has 0 unspecified atom stereocenters. The zero-order chi connectivity index (χ0) is 40.7. The zero-order valence-corrected chi connectivity index (χ0v) is 33.6. The molecule has 4 heteroatoms. The SMILES string of the molecule is c1ccc(-c2cc(-c3nc(-n4c5ccccc5c5cc(-c6cc7c(c8ccccc68)c6ccccc6n7-c6ccccc6)ccc54)nc4ccccc34)c3ccccc3c2)cc1. The molecule has 0 amide bonds. The van der Waals surface area contributed by atoms with Crippen molar-refractivity contribution >= 4 is 76.1 Å². The molecule has 0 aliphatic carbocycles. The Morgan fingerprint density at radius 1 is 0.306 bits per heavy atom. The van der Waals surface area contributed by atoms with Crippen LogP contribution in [-0.4, -0.2) is 19.1 Å². The smallest absolute Gasteiger partial charge is 0.235 e. The number of nitrogens with zero attached hydrogens (tertiary/aromatic N) is 4. The number of benzene rings is 10. The summed E-state index contributed by atoms with van der Waals surface area (Å²) in [5, 5.41) is 10.7. The Hall–Kier alpha value is -8.34. The molecule has 13 aromatic rings. The van der Waals surface area contributed by atoms with Crippen molar-refractivity contribution in [1.29, 1.82) is 0 Å². The van der Waals surface area contributed by atoms with Crippen LogP contribution >= 0.6 is 0 Å². The molecule has 3 aromatic heterocycles. The minimum atomic E-state index is 0.645. The molecule has 288 valence electrons. The van der Waals surface area contributed by atoms with E-state index < -0.39 is 0 Å². The number of hydrogen-bond acceptors (Lipinski definition) is 2. The molecule has 0 bridgehead atoms. The molecule has 0 fully saturated rings. The van der Waals surface area contributed by atoms with Gasteiger partial charge < -0.3 is 4.57 Å². The normalized spacial score (nSPS) is 11.9. The van der Waals surface area contributed by atoms with Crippen molar-refractivity contribution in [2.45, 2.75) is 0 Å². The average Bonchev–Trinajstić information content (AvgIpc) is 3.86. The Morgan fingerprint density at radius 3 is 1.73 bits per heavy atom. The summed E-state index contributed by atoms with van der Waals surface area (Å²) in [6.45, 7) is 0. The van der Waals surface area contributed by atoms with E-state index in [2.05, 4.69) is 228 Å². The molecule has 10 aromatic carbocycles. The molecule has 4 nitrogen and oxygen atoms in total. The Kier molecular flexibility index (Phi) is 7.57. The van der Waals surface area contributed by atoms with Crippen LogP contribution in [-0.2, 0) is 0 Å². The van der Waals surface area contributed by atoms with E-state index >= 15 is 0 Å². The highest BCUT2D eigenvalue weighted by molar-refractivity contribution is 6.24. The van der Waals surface area contributed by atoms with Crippen molar-refractivity contribution in [2.24, 2.45) is 0 Å². The van der Waals surface area contributed by atoms with Gasteiger partial charge in [-0.05, 0) is 104 Å². The lowest BCUT2D eigenvalue weighted by Gasteiger charge is -2.15. The number of rotatable bonds is 5. The first-order chi connectivity index (χ1) is 30.8. The van der Waals surface area contributed by atoms with E-state index in [1.807, 2.05) is 0 Å². The minimum Gasteiger partial charge on any atom is -0.309 e. The maximum Gasteiger partial charge on any atom is 0.235 e. The third-order valence-electron chi connectivity index (χ3n) is 12.7. The first-order valence-electron chi connectivity index (χ1n) is 21.2. The summed E-state index contributed by atoms with van der Waals surface area (Å²) in [7, 11) is 0. The van der Waals surface area contributed by atoms with Crippen molar-refractivity contribution in [3.05, 3.63) is 218 Å². The maximum atomic E-state index is 5.56. The Labute approximate surface area is 357 Å². The lowest BCUT2D eigenvalue weighted by Crippen LogP contribution is -2.03.